The predicted molar refractivity (Wildman–Crippen MR) is 63.0 cm³/mol. The molecule has 1 heterocycles. The van der Waals surface area contributed by atoms with E-state index in [4.69, 9.17) is 14.6 Å². The second-order valence-corrected chi connectivity index (χ2v) is 4.42. The van der Waals surface area contributed by atoms with E-state index in [1.165, 1.54) is 0 Å². The minimum atomic E-state index is -1.19. The summed E-state index contributed by atoms with van der Waals surface area (Å²) in [6.45, 7) is 1.96. The normalized spacial score (nSPS) is 27.2. The molecule has 0 bridgehead atoms. The molecule has 0 amide bonds. The van der Waals surface area contributed by atoms with Crippen LogP contribution in [-0.2, 0) is 9.47 Å². The van der Waals surface area contributed by atoms with Gasteiger partial charge < -0.3 is 19.7 Å². The lowest BCUT2D eigenvalue weighted by atomic mass is 10.1. The van der Waals surface area contributed by atoms with Crippen molar-refractivity contribution >= 4 is 5.97 Å². The van der Waals surface area contributed by atoms with E-state index in [9.17, 15) is 9.90 Å². The summed E-state index contributed by atoms with van der Waals surface area (Å²) in [6.07, 6.45) is -2.28. The van der Waals surface area contributed by atoms with E-state index in [0.29, 0.717) is 5.56 Å². The molecule has 1 aliphatic heterocycles. The zero-order chi connectivity index (χ0) is 13.1. The molecular formula is C13H16O5. The van der Waals surface area contributed by atoms with Gasteiger partial charge in [-0.15, -0.1) is 0 Å². The first-order valence-electron chi connectivity index (χ1n) is 5.81. The van der Waals surface area contributed by atoms with Crippen molar-refractivity contribution < 1.29 is 24.5 Å². The highest BCUT2D eigenvalue weighted by atomic mass is 16.6. The Morgan fingerprint density at radius 2 is 2.06 bits per heavy atom. The van der Waals surface area contributed by atoms with Gasteiger partial charge in [-0.1, -0.05) is 17.7 Å². The number of hydrogen-bond acceptors (Lipinski definition) is 5. The molecule has 0 spiro atoms. The van der Waals surface area contributed by atoms with Crippen LogP contribution in [0.5, 0.6) is 0 Å². The monoisotopic (exact) mass is 252 g/mol. The summed E-state index contributed by atoms with van der Waals surface area (Å²) >= 11 is 0. The molecule has 0 unspecified atom stereocenters. The molecule has 1 saturated heterocycles. The van der Waals surface area contributed by atoms with Crippen LogP contribution in [0.2, 0.25) is 0 Å². The Morgan fingerprint density at radius 3 is 2.61 bits per heavy atom. The highest BCUT2D eigenvalue weighted by Crippen LogP contribution is 2.19. The first-order valence-corrected chi connectivity index (χ1v) is 5.81. The third kappa shape index (κ3) is 3.07. The fraction of sp³-hybridized carbons (Fsp3) is 0.462. The van der Waals surface area contributed by atoms with Gasteiger partial charge in [-0.25, -0.2) is 4.79 Å². The number of esters is 1. The number of carbonyl (C=O) groups excluding carboxylic acids is 1. The van der Waals surface area contributed by atoms with Gasteiger partial charge in [0.05, 0.1) is 11.7 Å². The maximum Gasteiger partial charge on any atom is 0.338 e. The number of benzene rings is 1. The molecule has 5 nitrogen and oxygen atoms in total. The molecule has 5 heteroatoms. The van der Waals surface area contributed by atoms with Gasteiger partial charge in [0, 0.05) is 6.42 Å². The summed E-state index contributed by atoms with van der Waals surface area (Å²) in [5, 5.41) is 18.4. The number of rotatable bonds is 3. The quantitative estimate of drug-likeness (QED) is 0.771. The molecule has 0 radical (unpaired) electrons. The third-order valence-corrected chi connectivity index (χ3v) is 2.85. The Bertz CT molecular complexity index is 404. The highest BCUT2D eigenvalue weighted by Gasteiger charge is 2.33. The van der Waals surface area contributed by atoms with Crippen molar-refractivity contribution in [1.29, 1.82) is 0 Å². The van der Waals surface area contributed by atoms with Crippen LogP contribution in [-0.4, -0.2) is 41.3 Å². The van der Waals surface area contributed by atoms with Crippen molar-refractivity contribution in [2.24, 2.45) is 0 Å². The average Bonchev–Trinajstić information content (AvgIpc) is 2.67. The Balaban J connectivity index is 1.84. The molecule has 1 aromatic carbocycles. The van der Waals surface area contributed by atoms with E-state index in [-0.39, 0.29) is 13.0 Å². The maximum atomic E-state index is 11.7. The van der Waals surface area contributed by atoms with Crippen LogP contribution in [0, 0.1) is 6.92 Å². The summed E-state index contributed by atoms with van der Waals surface area (Å²) in [7, 11) is 0. The van der Waals surface area contributed by atoms with Crippen LogP contribution in [0.25, 0.3) is 0 Å². The molecule has 0 aromatic heterocycles. The largest absolute Gasteiger partial charge is 0.459 e. The molecule has 1 fully saturated rings. The van der Waals surface area contributed by atoms with Crippen molar-refractivity contribution in [3.05, 3.63) is 35.4 Å². The molecule has 0 saturated carbocycles. The fourth-order valence-corrected chi connectivity index (χ4v) is 1.78. The molecule has 3 atom stereocenters. The second-order valence-electron chi connectivity index (χ2n) is 4.42. The summed E-state index contributed by atoms with van der Waals surface area (Å²) < 4.78 is 10.1. The Morgan fingerprint density at radius 1 is 1.39 bits per heavy atom. The summed E-state index contributed by atoms with van der Waals surface area (Å²) in [5.41, 5.74) is 1.54. The van der Waals surface area contributed by atoms with Crippen LogP contribution in [0.3, 0.4) is 0 Å². The predicted octanol–water partition coefficient (Wildman–Crippen LogP) is 0.620. The van der Waals surface area contributed by atoms with Crippen molar-refractivity contribution in [1.82, 2.24) is 0 Å². The van der Waals surface area contributed by atoms with E-state index in [1.54, 1.807) is 12.1 Å². The zero-order valence-electron chi connectivity index (χ0n) is 10.1. The van der Waals surface area contributed by atoms with Crippen molar-refractivity contribution in [3.63, 3.8) is 0 Å². The first kappa shape index (κ1) is 13.0. The van der Waals surface area contributed by atoms with Gasteiger partial charge in [-0.3, -0.25) is 0 Å². The smallest absolute Gasteiger partial charge is 0.338 e. The summed E-state index contributed by atoms with van der Waals surface area (Å²) in [6, 6.07) is 7.04. The number of ether oxygens (including phenoxy) is 2. The minimum Gasteiger partial charge on any atom is -0.459 e. The second kappa shape index (κ2) is 5.48. The van der Waals surface area contributed by atoms with Crippen LogP contribution in [0.4, 0.5) is 0 Å². The zero-order valence-corrected chi connectivity index (χ0v) is 10.1. The molecule has 0 aliphatic carbocycles. The van der Waals surface area contributed by atoms with Gasteiger partial charge in [-0.05, 0) is 19.1 Å². The van der Waals surface area contributed by atoms with E-state index >= 15 is 0 Å². The van der Waals surface area contributed by atoms with Crippen molar-refractivity contribution in [2.45, 2.75) is 31.8 Å². The summed E-state index contributed by atoms with van der Waals surface area (Å²) in [4.78, 5) is 11.7. The van der Waals surface area contributed by atoms with Gasteiger partial charge in [-0.2, -0.15) is 0 Å². The first-order chi connectivity index (χ1) is 8.56. The lowest BCUT2D eigenvalue weighted by Gasteiger charge is -2.10. The highest BCUT2D eigenvalue weighted by molar-refractivity contribution is 5.89. The van der Waals surface area contributed by atoms with Gasteiger partial charge in [0.25, 0.3) is 0 Å². The number of aliphatic hydroxyl groups is 2. The average molecular weight is 252 g/mol. The van der Waals surface area contributed by atoms with Crippen LogP contribution in [0.15, 0.2) is 24.3 Å². The molecule has 1 aromatic rings. The standard InChI is InChI=1S/C13H16O5/c1-8-2-4-9(5-3-8)12(15)17-7-10-6-11(14)13(16)18-10/h2-5,10-11,13-14,16H,6-7H2,1H3/t10-,11-,13+/m1/s1. The fourth-order valence-electron chi connectivity index (χ4n) is 1.78. The Kier molecular flexibility index (Phi) is 3.96. The molecule has 18 heavy (non-hydrogen) atoms. The van der Waals surface area contributed by atoms with Crippen LogP contribution >= 0.6 is 0 Å². The van der Waals surface area contributed by atoms with E-state index in [1.807, 2.05) is 19.1 Å². The Hall–Kier alpha value is -1.43. The van der Waals surface area contributed by atoms with Crippen LogP contribution < -0.4 is 0 Å². The van der Waals surface area contributed by atoms with E-state index < -0.39 is 24.5 Å². The number of aliphatic hydroxyl groups excluding tert-OH is 2. The number of carbonyl (C=O) groups is 1. The lowest BCUT2D eigenvalue weighted by Crippen LogP contribution is -2.20. The molecule has 2 N–H and O–H groups in total. The number of aryl methyl sites for hydroxylation is 1. The van der Waals surface area contributed by atoms with Gasteiger partial charge >= 0.3 is 5.97 Å². The lowest BCUT2D eigenvalue weighted by molar-refractivity contribution is -0.133. The van der Waals surface area contributed by atoms with E-state index in [0.717, 1.165) is 5.56 Å². The van der Waals surface area contributed by atoms with Gasteiger partial charge in [0.15, 0.2) is 6.29 Å². The van der Waals surface area contributed by atoms with Crippen molar-refractivity contribution in [2.75, 3.05) is 6.61 Å². The molecule has 1 aliphatic rings. The maximum absolute atomic E-state index is 11.7. The molecule has 98 valence electrons. The minimum absolute atomic E-state index is 0.0286. The SMILES string of the molecule is Cc1ccc(C(=O)OC[C@H]2C[C@@H](O)[C@@H](O)O2)cc1. The third-order valence-electron chi connectivity index (χ3n) is 2.85. The Labute approximate surface area is 105 Å². The number of hydrogen-bond donors (Lipinski definition) is 2. The molecular weight excluding hydrogens is 236 g/mol. The van der Waals surface area contributed by atoms with Crippen molar-refractivity contribution in [3.8, 4) is 0 Å². The van der Waals surface area contributed by atoms with Gasteiger partial charge in [0.2, 0.25) is 0 Å². The van der Waals surface area contributed by atoms with Crippen LogP contribution in [0.1, 0.15) is 22.3 Å². The summed E-state index contributed by atoms with van der Waals surface area (Å²) in [5.74, 6) is -0.436. The molecule has 2 rings (SSSR count). The van der Waals surface area contributed by atoms with Gasteiger partial charge in [0.1, 0.15) is 12.7 Å². The van der Waals surface area contributed by atoms with E-state index in [2.05, 4.69) is 0 Å². The topological polar surface area (TPSA) is 76.0 Å².